The maximum Gasteiger partial charge on any atom is 0.258 e. The Morgan fingerprint density at radius 1 is 1.29 bits per heavy atom. The van der Waals surface area contributed by atoms with Crippen molar-refractivity contribution in [2.24, 2.45) is 0 Å². The minimum absolute atomic E-state index is 0.00635. The van der Waals surface area contributed by atoms with Crippen molar-refractivity contribution in [3.8, 4) is 0 Å². The highest BCUT2D eigenvalue weighted by Crippen LogP contribution is 2.16. The van der Waals surface area contributed by atoms with Gasteiger partial charge in [0.15, 0.2) is 0 Å². The van der Waals surface area contributed by atoms with Gasteiger partial charge in [0.05, 0.1) is 29.8 Å². The molecular weight excluding hydrogens is 358 g/mol. The van der Waals surface area contributed by atoms with Crippen LogP contribution in [-0.4, -0.2) is 40.0 Å². The number of nitrogens with one attached hydrogen (secondary N) is 1. The summed E-state index contributed by atoms with van der Waals surface area (Å²) in [6.45, 7) is 1.35. The largest absolute Gasteiger partial charge is 0.465 e. The van der Waals surface area contributed by atoms with Crippen molar-refractivity contribution in [1.29, 1.82) is 0 Å². The predicted molar refractivity (Wildman–Crippen MR) is 104 cm³/mol. The Labute approximate surface area is 161 Å². The molecule has 1 N–H and O–H groups in total. The summed E-state index contributed by atoms with van der Waals surface area (Å²) in [6.07, 6.45) is 6.54. The standard InChI is InChI=1S/C21H21N3O4/c25-20(10-9-15-5-3-11-27-15)24(13-16-6-4-12-28-16)14-19-22-18-8-2-1-7-17(18)21(26)23-19/h1-3,5,7-11,16H,4,6,12-14H2,(H,22,23,26)/b10-9+. The van der Waals surface area contributed by atoms with Crippen molar-refractivity contribution in [3.05, 3.63) is 70.7 Å². The van der Waals surface area contributed by atoms with Gasteiger partial charge in [-0.25, -0.2) is 4.98 Å². The van der Waals surface area contributed by atoms with E-state index in [-0.39, 0.29) is 24.1 Å². The van der Waals surface area contributed by atoms with Gasteiger partial charge in [-0.05, 0) is 43.2 Å². The van der Waals surface area contributed by atoms with E-state index in [1.807, 2.05) is 6.07 Å². The Hall–Kier alpha value is -3.19. The number of carbonyl (C=O) groups excluding carboxylic acids is 1. The number of nitrogens with zero attached hydrogens (tertiary/aromatic N) is 2. The maximum atomic E-state index is 12.8. The molecular formula is C21H21N3O4. The van der Waals surface area contributed by atoms with Crippen molar-refractivity contribution in [2.45, 2.75) is 25.5 Å². The summed E-state index contributed by atoms with van der Waals surface area (Å²) >= 11 is 0. The molecule has 3 aromatic rings. The van der Waals surface area contributed by atoms with E-state index in [1.54, 1.807) is 47.6 Å². The number of carbonyl (C=O) groups is 1. The molecule has 0 aliphatic carbocycles. The zero-order valence-corrected chi connectivity index (χ0v) is 15.3. The third-order valence-electron chi connectivity index (χ3n) is 4.70. The highest BCUT2D eigenvalue weighted by Gasteiger charge is 2.22. The second-order valence-electron chi connectivity index (χ2n) is 6.73. The fraction of sp³-hybridized carbons (Fsp3) is 0.286. The van der Waals surface area contributed by atoms with Crippen LogP contribution in [0.3, 0.4) is 0 Å². The SMILES string of the molecule is O=C(/C=C/c1ccco1)N(Cc1nc2ccccc2c(=O)[nH]1)CC1CCCO1. The van der Waals surface area contributed by atoms with Gasteiger partial charge in [-0.15, -0.1) is 0 Å². The smallest absolute Gasteiger partial charge is 0.258 e. The number of ether oxygens (including phenoxy) is 1. The van der Waals surface area contributed by atoms with E-state index in [0.717, 1.165) is 12.8 Å². The molecule has 0 saturated carbocycles. The summed E-state index contributed by atoms with van der Waals surface area (Å²) in [5, 5.41) is 0.529. The van der Waals surface area contributed by atoms with Gasteiger partial charge in [-0.1, -0.05) is 12.1 Å². The summed E-state index contributed by atoms with van der Waals surface area (Å²) in [4.78, 5) is 34.1. The molecule has 7 heteroatoms. The zero-order chi connectivity index (χ0) is 19.3. The third kappa shape index (κ3) is 4.20. The van der Waals surface area contributed by atoms with Crippen LogP contribution < -0.4 is 5.56 Å². The number of benzene rings is 1. The van der Waals surface area contributed by atoms with Crippen molar-refractivity contribution in [2.75, 3.05) is 13.2 Å². The first kappa shape index (κ1) is 18.2. The van der Waals surface area contributed by atoms with Crippen LogP contribution in [0.25, 0.3) is 17.0 Å². The van der Waals surface area contributed by atoms with Crippen molar-refractivity contribution in [3.63, 3.8) is 0 Å². The summed E-state index contributed by atoms with van der Waals surface area (Å²) in [7, 11) is 0. The fourth-order valence-corrected chi connectivity index (χ4v) is 3.30. The van der Waals surface area contributed by atoms with E-state index in [0.29, 0.717) is 35.6 Å². The first-order valence-electron chi connectivity index (χ1n) is 9.29. The maximum absolute atomic E-state index is 12.8. The predicted octanol–water partition coefficient (Wildman–Crippen LogP) is 2.74. The molecule has 1 saturated heterocycles. The van der Waals surface area contributed by atoms with Gasteiger partial charge in [0, 0.05) is 19.2 Å². The van der Waals surface area contributed by atoms with Gasteiger partial charge in [-0.3, -0.25) is 9.59 Å². The van der Waals surface area contributed by atoms with Crippen molar-refractivity contribution >= 4 is 22.9 Å². The number of amides is 1. The van der Waals surface area contributed by atoms with Crippen LogP contribution in [-0.2, 0) is 16.1 Å². The van der Waals surface area contributed by atoms with Gasteiger partial charge in [-0.2, -0.15) is 0 Å². The summed E-state index contributed by atoms with van der Waals surface area (Å²) < 4.78 is 10.9. The monoisotopic (exact) mass is 379 g/mol. The Morgan fingerprint density at radius 2 is 2.18 bits per heavy atom. The Morgan fingerprint density at radius 3 is 2.96 bits per heavy atom. The van der Waals surface area contributed by atoms with E-state index in [9.17, 15) is 9.59 Å². The quantitative estimate of drug-likeness (QED) is 0.665. The number of aromatic nitrogens is 2. The highest BCUT2D eigenvalue weighted by atomic mass is 16.5. The molecule has 28 heavy (non-hydrogen) atoms. The molecule has 0 radical (unpaired) electrons. The average molecular weight is 379 g/mol. The van der Waals surface area contributed by atoms with Crippen LogP contribution >= 0.6 is 0 Å². The van der Waals surface area contributed by atoms with Gasteiger partial charge < -0.3 is 19.0 Å². The molecule has 0 spiro atoms. The lowest BCUT2D eigenvalue weighted by atomic mass is 10.2. The molecule has 7 nitrogen and oxygen atoms in total. The first-order valence-corrected chi connectivity index (χ1v) is 9.29. The zero-order valence-electron chi connectivity index (χ0n) is 15.3. The Balaban J connectivity index is 1.57. The number of furan rings is 1. The molecule has 1 aliphatic rings. The molecule has 1 aromatic carbocycles. The van der Waals surface area contributed by atoms with Crippen LogP contribution in [0.2, 0.25) is 0 Å². The summed E-state index contributed by atoms with van der Waals surface area (Å²) in [5.74, 6) is 0.854. The molecule has 3 heterocycles. The van der Waals surface area contributed by atoms with Gasteiger partial charge in [0.2, 0.25) is 5.91 Å². The number of hydrogen-bond donors (Lipinski definition) is 1. The van der Waals surface area contributed by atoms with E-state index in [4.69, 9.17) is 9.15 Å². The normalized spacial score (nSPS) is 16.8. The topological polar surface area (TPSA) is 88.4 Å². The van der Waals surface area contributed by atoms with Crippen molar-refractivity contribution < 1.29 is 13.9 Å². The minimum Gasteiger partial charge on any atom is -0.465 e. The van der Waals surface area contributed by atoms with Crippen LogP contribution in [0, 0.1) is 0 Å². The lowest BCUT2D eigenvalue weighted by Gasteiger charge is -2.24. The van der Waals surface area contributed by atoms with Gasteiger partial charge in [0.25, 0.3) is 5.56 Å². The second-order valence-corrected chi connectivity index (χ2v) is 6.73. The number of aromatic amines is 1. The molecule has 2 aromatic heterocycles. The van der Waals surface area contributed by atoms with Crippen LogP contribution in [0.1, 0.15) is 24.4 Å². The average Bonchev–Trinajstić information content (AvgIpc) is 3.40. The second kappa shape index (κ2) is 8.22. The number of fused-ring (bicyclic) bond motifs is 1. The molecule has 1 fully saturated rings. The Kier molecular flexibility index (Phi) is 5.34. The summed E-state index contributed by atoms with van der Waals surface area (Å²) in [6, 6.07) is 10.7. The molecule has 1 unspecified atom stereocenters. The van der Waals surface area contributed by atoms with Crippen molar-refractivity contribution in [1.82, 2.24) is 14.9 Å². The fourth-order valence-electron chi connectivity index (χ4n) is 3.30. The highest BCUT2D eigenvalue weighted by molar-refractivity contribution is 5.91. The van der Waals surface area contributed by atoms with E-state index in [1.165, 1.54) is 6.08 Å². The molecule has 1 atom stereocenters. The molecule has 0 bridgehead atoms. The molecule has 4 rings (SSSR count). The van der Waals surface area contributed by atoms with E-state index < -0.39 is 0 Å². The number of para-hydroxylation sites is 1. The van der Waals surface area contributed by atoms with Crippen LogP contribution in [0.4, 0.5) is 0 Å². The van der Waals surface area contributed by atoms with Gasteiger partial charge in [0.1, 0.15) is 11.6 Å². The van der Waals surface area contributed by atoms with E-state index >= 15 is 0 Å². The van der Waals surface area contributed by atoms with Crippen LogP contribution in [0.5, 0.6) is 0 Å². The first-order chi connectivity index (χ1) is 13.7. The van der Waals surface area contributed by atoms with E-state index in [2.05, 4.69) is 9.97 Å². The molecule has 1 amide bonds. The number of hydrogen-bond acceptors (Lipinski definition) is 5. The molecule has 1 aliphatic heterocycles. The third-order valence-corrected chi connectivity index (χ3v) is 4.70. The number of H-pyrrole nitrogens is 1. The number of rotatable bonds is 6. The molecule has 144 valence electrons. The van der Waals surface area contributed by atoms with Gasteiger partial charge >= 0.3 is 0 Å². The minimum atomic E-state index is -0.212. The van der Waals surface area contributed by atoms with Crippen LogP contribution in [0.15, 0.2) is 57.9 Å². The lowest BCUT2D eigenvalue weighted by molar-refractivity contribution is -0.128. The lowest BCUT2D eigenvalue weighted by Crippen LogP contribution is -2.36. The Bertz CT molecular complexity index is 1030. The summed E-state index contributed by atoms with van der Waals surface area (Å²) in [5.41, 5.74) is 0.396.